The third kappa shape index (κ3) is 2.60. The van der Waals surface area contributed by atoms with Gasteiger partial charge in [-0.05, 0) is 39.1 Å². The largest absolute Gasteiger partial charge is 0.369 e. The molecule has 1 aromatic heterocycles. The molecule has 2 aromatic rings. The summed E-state index contributed by atoms with van der Waals surface area (Å²) < 4.78 is 2.01. The van der Waals surface area contributed by atoms with E-state index < -0.39 is 0 Å². The Balaban J connectivity index is 2.27. The van der Waals surface area contributed by atoms with E-state index in [9.17, 15) is 0 Å². The molecule has 0 aliphatic carbocycles. The molecule has 0 aliphatic heterocycles. The molecular weight excluding hydrogens is 248 g/mol. The molecule has 0 fully saturated rings. The SMILES string of the molecule is CC(C)N(C)CCn1c(N)nc2ccc(Cl)cc21. The molecule has 4 nitrogen and oxygen atoms in total. The molecule has 5 heteroatoms. The van der Waals surface area contributed by atoms with Crippen molar-refractivity contribution in [2.24, 2.45) is 0 Å². The fourth-order valence-electron chi connectivity index (χ4n) is 1.87. The predicted molar refractivity (Wildman–Crippen MR) is 76.9 cm³/mol. The molecule has 0 amide bonds. The van der Waals surface area contributed by atoms with Crippen molar-refractivity contribution in [2.45, 2.75) is 26.4 Å². The Bertz CT molecular complexity index is 547. The second-order valence-electron chi connectivity index (χ2n) is 4.83. The van der Waals surface area contributed by atoms with E-state index in [1.54, 1.807) is 0 Å². The Morgan fingerprint density at radius 3 is 2.83 bits per heavy atom. The van der Waals surface area contributed by atoms with Crippen molar-refractivity contribution in [3.05, 3.63) is 23.2 Å². The summed E-state index contributed by atoms with van der Waals surface area (Å²) in [6, 6.07) is 6.16. The highest BCUT2D eigenvalue weighted by Crippen LogP contribution is 2.21. The Labute approximate surface area is 112 Å². The first-order valence-electron chi connectivity index (χ1n) is 6.10. The van der Waals surface area contributed by atoms with Crippen LogP contribution < -0.4 is 5.73 Å². The Kier molecular flexibility index (Phi) is 3.78. The number of anilines is 1. The highest BCUT2D eigenvalue weighted by molar-refractivity contribution is 6.31. The van der Waals surface area contributed by atoms with Gasteiger partial charge in [0.15, 0.2) is 0 Å². The fraction of sp³-hybridized carbons (Fsp3) is 0.462. The van der Waals surface area contributed by atoms with Gasteiger partial charge in [-0.1, -0.05) is 11.6 Å². The first kappa shape index (κ1) is 13.2. The molecule has 0 radical (unpaired) electrons. The average Bonchev–Trinajstić information content (AvgIpc) is 2.61. The zero-order valence-corrected chi connectivity index (χ0v) is 11.8. The van der Waals surface area contributed by atoms with Crippen LogP contribution in [0.2, 0.25) is 5.02 Å². The molecule has 0 saturated carbocycles. The third-order valence-corrected chi connectivity index (χ3v) is 3.53. The van der Waals surface area contributed by atoms with Gasteiger partial charge >= 0.3 is 0 Å². The van der Waals surface area contributed by atoms with Crippen LogP contribution >= 0.6 is 11.6 Å². The van der Waals surface area contributed by atoms with Crippen LogP contribution in [0.4, 0.5) is 5.95 Å². The van der Waals surface area contributed by atoms with Gasteiger partial charge in [-0.2, -0.15) is 0 Å². The second kappa shape index (κ2) is 5.16. The van der Waals surface area contributed by atoms with Crippen LogP contribution in [0, 0.1) is 0 Å². The Morgan fingerprint density at radius 2 is 2.17 bits per heavy atom. The number of nitrogen functional groups attached to an aromatic ring is 1. The number of fused-ring (bicyclic) bond motifs is 1. The van der Waals surface area contributed by atoms with Crippen LogP contribution in [0.15, 0.2) is 18.2 Å². The average molecular weight is 267 g/mol. The number of likely N-dealkylation sites (N-methyl/N-ethyl adjacent to an activating group) is 1. The summed E-state index contributed by atoms with van der Waals surface area (Å²) >= 11 is 6.02. The van der Waals surface area contributed by atoms with Crippen molar-refractivity contribution >= 4 is 28.6 Å². The monoisotopic (exact) mass is 266 g/mol. The molecular formula is C13H19ClN4. The number of hydrogen-bond donors (Lipinski definition) is 1. The second-order valence-corrected chi connectivity index (χ2v) is 5.27. The molecule has 0 saturated heterocycles. The maximum Gasteiger partial charge on any atom is 0.201 e. The zero-order valence-electron chi connectivity index (χ0n) is 11.0. The molecule has 18 heavy (non-hydrogen) atoms. The third-order valence-electron chi connectivity index (χ3n) is 3.30. The van der Waals surface area contributed by atoms with Gasteiger partial charge in [0.05, 0.1) is 11.0 Å². The summed E-state index contributed by atoms with van der Waals surface area (Å²) in [7, 11) is 2.10. The lowest BCUT2D eigenvalue weighted by Crippen LogP contribution is -2.29. The molecule has 0 spiro atoms. The normalized spacial score (nSPS) is 11.9. The van der Waals surface area contributed by atoms with E-state index in [0.717, 1.165) is 24.1 Å². The topological polar surface area (TPSA) is 47.1 Å². The van der Waals surface area contributed by atoms with Gasteiger partial charge in [-0.25, -0.2) is 4.98 Å². The van der Waals surface area contributed by atoms with Crippen LogP contribution in [0.5, 0.6) is 0 Å². The van der Waals surface area contributed by atoms with Gasteiger partial charge in [-0.15, -0.1) is 0 Å². The van der Waals surface area contributed by atoms with Crippen molar-refractivity contribution < 1.29 is 0 Å². The van der Waals surface area contributed by atoms with Gasteiger partial charge in [0.1, 0.15) is 0 Å². The smallest absolute Gasteiger partial charge is 0.201 e. The van der Waals surface area contributed by atoms with Crippen LogP contribution in [0.25, 0.3) is 11.0 Å². The molecule has 0 bridgehead atoms. The maximum absolute atomic E-state index is 6.02. The highest BCUT2D eigenvalue weighted by Gasteiger charge is 2.10. The van der Waals surface area contributed by atoms with E-state index in [2.05, 4.69) is 30.8 Å². The van der Waals surface area contributed by atoms with Crippen molar-refractivity contribution in [3.8, 4) is 0 Å². The number of aromatic nitrogens is 2. The summed E-state index contributed by atoms with van der Waals surface area (Å²) in [5.74, 6) is 0.546. The lowest BCUT2D eigenvalue weighted by Gasteiger charge is -2.21. The highest BCUT2D eigenvalue weighted by atomic mass is 35.5. The number of imidazole rings is 1. The lowest BCUT2D eigenvalue weighted by molar-refractivity contribution is 0.264. The number of nitrogens with two attached hydrogens (primary N) is 1. The summed E-state index contributed by atoms with van der Waals surface area (Å²) in [5.41, 5.74) is 7.85. The standard InChI is InChI=1S/C13H19ClN4/c1-9(2)17(3)6-7-18-12-8-10(14)4-5-11(12)16-13(18)15/h4-5,8-9H,6-7H2,1-3H3,(H2,15,16). The number of halogens is 1. The van der Waals surface area contributed by atoms with Gasteiger partial charge in [0.2, 0.25) is 5.95 Å². The quantitative estimate of drug-likeness (QED) is 0.925. The van der Waals surface area contributed by atoms with Crippen molar-refractivity contribution in [2.75, 3.05) is 19.3 Å². The molecule has 0 unspecified atom stereocenters. The molecule has 0 atom stereocenters. The lowest BCUT2D eigenvalue weighted by atomic mass is 10.3. The first-order valence-corrected chi connectivity index (χ1v) is 6.48. The van der Waals surface area contributed by atoms with E-state index in [1.165, 1.54) is 0 Å². The van der Waals surface area contributed by atoms with E-state index in [0.29, 0.717) is 17.0 Å². The van der Waals surface area contributed by atoms with E-state index in [1.807, 2.05) is 22.8 Å². The number of nitrogens with zero attached hydrogens (tertiary/aromatic N) is 3. The van der Waals surface area contributed by atoms with E-state index in [4.69, 9.17) is 17.3 Å². The minimum Gasteiger partial charge on any atom is -0.369 e. The molecule has 1 heterocycles. The van der Waals surface area contributed by atoms with Crippen LogP contribution in [0.3, 0.4) is 0 Å². The van der Waals surface area contributed by atoms with Gasteiger partial charge < -0.3 is 15.2 Å². The zero-order chi connectivity index (χ0) is 13.3. The molecule has 2 rings (SSSR count). The van der Waals surface area contributed by atoms with Crippen molar-refractivity contribution in [1.82, 2.24) is 14.5 Å². The minimum atomic E-state index is 0.518. The van der Waals surface area contributed by atoms with Crippen molar-refractivity contribution in [3.63, 3.8) is 0 Å². The number of hydrogen-bond acceptors (Lipinski definition) is 3. The van der Waals surface area contributed by atoms with E-state index >= 15 is 0 Å². The predicted octanol–water partition coefficient (Wildman–Crippen LogP) is 2.61. The number of benzene rings is 1. The number of rotatable bonds is 4. The summed E-state index contributed by atoms with van der Waals surface area (Å²) in [5, 5.41) is 0.709. The first-order chi connectivity index (χ1) is 8.49. The van der Waals surface area contributed by atoms with Crippen molar-refractivity contribution in [1.29, 1.82) is 0 Å². The molecule has 2 N–H and O–H groups in total. The van der Waals surface area contributed by atoms with Gasteiger partial charge in [-0.3, -0.25) is 0 Å². The summed E-state index contributed by atoms with van der Waals surface area (Å²) in [6.45, 7) is 6.09. The maximum atomic E-state index is 6.02. The van der Waals surface area contributed by atoms with Crippen LogP contribution in [-0.4, -0.2) is 34.1 Å². The van der Waals surface area contributed by atoms with Crippen LogP contribution in [0.1, 0.15) is 13.8 Å². The van der Waals surface area contributed by atoms with Gasteiger partial charge in [0, 0.05) is 24.2 Å². The Morgan fingerprint density at radius 1 is 1.44 bits per heavy atom. The van der Waals surface area contributed by atoms with Gasteiger partial charge in [0.25, 0.3) is 0 Å². The molecule has 0 aliphatic rings. The summed E-state index contributed by atoms with van der Waals surface area (Å²) in [6.07, 6.45) is 0. The summed E-state index contributed by atoms with van der Waals surface area (Å²) in [4.78, 5) is 6.61. The Hall–Kier alpha value is -1.26. The van der Waals surface area contributed by atoms with E-state index in [-0.39, 0.29) is 0 Å². The minimum absolute atomic E-state index is 0.518. The molecule has 1 aromatic carbocycles. The van der Waals surface area contributed by atoms with Crippen LogP contribution in [-0.2, 0) is 6.54 Å². The molecule has 98 valence electrons. The fourth-order valence-corrected chi connectivity index (χ4v) is 2.03.